The Labute approximate surface area is 638 Å². The molecule has 0 rings (SSSR count). The Kier molecular flexibility index (Phi) is 73.7. The molecule has 0 aliphatic rings. The summed E-state index contributed by atoms with van der Waals surface area (Å²) in [5, 5.41) is 10.7. The zero-order chi connectivity index (χ0) is 76.5. The average molecular weight is 1520 g/mol. The molecule has 0 aliphatic heterocycles. The molecule has 104 heavy (non-hydrogen) atoms. The summed E-state index contributed by atoms with van der Waals surface area (Å²) in [7, 11) is -9.93. The van der Waals surface area contributed by atoms with Crippen LogP contribution in [0.25, 0.3) is 0 Å². The molecule has 618 valence electrons. The Morgan fingerprint density at radius 2 is 0.442 bits per heavy atom. The van der Waals surface area contributed by atoms with E-state index in [1.807, 2.05) is 0 Å². The number of carbonyl (C=O) groups is 4. The van der Waals surface area contributed by atoms with E-state index in [0.717, 1.165) is 108 Å². The van der Waals surface area contributed by atoms with Crippen molar-refractivity contribution >= 4 is 39.5 Å². The van der Waals surface area contributed by atoms with Gasteiger partial charge in [-0.05, 0) is 43.4 Å². The molecule has 0 bridgehead atoms. The number of phosphoric acid groups is 2. The Bertz CT molecular complexity index is 2010. The number of hydrogen-bond acceptors (Lipinski definition) is 15. The van der Waals surface area contributed by atoms with Crippen LogP contribution in [-0.4, -0.2) is 96.7 Å². The fourth-order valence-electron chi connectivity index (χ4n) is 13.2. The van der Waals surface area contributed by atoms with Gasteiger partial charge in [0.1, 0.15) is 19.3 Å². The van der Waals surface area contributed by atoms with Gasteiger partial charge >= 0.3 is 39.5 Å². The van der Waals surface area contributed by atoms with Crippen molar-refractivity contribution in [3.05, 3.63) is 0 Å². The van der Waals surface area contributed by atoms with Crippen molar-refractivity contribution in [2.24, 2.45) is 17.8 Å². The van der Waals surface area contributed by atoms with Crippen LogP contribution in [0, 0.1) is 17.8 Å². The van der Waals surface area contributed by atoms with E-state index in [1.54, 1.807) is 0 Å². The van der Waals surface area contributed by atoms with Crippen LogP contribution < -0.4 is 0 Å². The maximum absolute atomic E-state index is 13.1. The molecule has 0 aromatic rings. The van der Waals surface area contributed by atoms with Crippen LogP contribution in [0.5, 0.6) is 0 Å². The van der Waals surface area contributed by atoms with Crippen LogP contribution in [0.1, 0.15) is 447 Å². The first-order chi connectivity index (χ1) is 50.2. The van der Waals surface area contributed by atoms with E-state index in [-0.39, 0.29) is 25.7 Å². The third kappa shape index (κ3) is 78.2. The van der Waals surface area contributed by atoms with E-state index in [1.165, 1.54) is 257 Å². The minimum atomic E-state index is -4.97. The van der Waals surface area contributed by atoms with Crippen LogP contribution in [0.3, 0.4) is 0 Å². The number of phosphoric ester groups is 2. The van der Waals surface area contributed by atoms with Gasteiger partial charge in [-0.25, -0.2) is 9.13 Å². The quantitative estimate of drug-likeness (QED) is 0.0222. The summed E-state index contributed by atoms with van der Waals surface area (Å²) in [5.74, 6) is 0.283. The number of rotatable bonds is 83. The van der Waals surface area contributed by atoms with Gasteiger partial charge < -0.3 is 33.8 Å². The van der Waals surface area contributed by atoms with E-state index in [2.05, 4.69) is 48.5 Å². The highest BCUT2D eigenvalue weighted by molar-refractivity contribution is 7.47. The number of aliphatic hydroxyl groups is 1. The number of hydrogen-bond donors (Lipinski definition) is 3. The number of ether oxygens (including phenoxy) is 4. The largest absolute Gasteiger partial charge is 0.472 e. The second-order valence-corrected chi connectivity index (χ2v) is 34.9. The normalized spacial score (nSPS) is 13.9. The minimum absolute atomic E-state index is 0.107. The van der Waals surface area contributed by atoms with Gasteiger partial charge in [0.15, 0.2) is 12.2 Å². The molecule has 0 spiro atoms. The fraction of sp³-hybridized carbons (Fsp3) is 0.953. The van der Waals surface area contributed by atoms with Gasteiger partial charge in [0, 0.05) is 25.7 Å². The average Bonchev–Trinajstić information content (AvgIpc) is 0.902. The van der Waals surface area contributed by atoms with Gasteiger partial charge in [0.2, 0.25) is 0 Å². The number of carbonyl (C=O) groups excluding carboxylic acids is 4. The van der Waals surface area contributed by atoms with Gasteiger partial charge in [0.05, 0.1) is 26.4 Å². The number of esters is 4. The first kappa shape index (κ1) is 102. The third-order valence-electron chi connectivity index (χ3n) is 19.9. The van der Waals surface area contributed by atoms with Crippen molar-refractivity contribution in [1.82, 2.24) is 0 Å². The van der Waals surface area contributed by atoms with Gasteiger partial charge in [0.25, 0.3) is 0 Å². The monoisotopic (exact) mass is 1520 g/mol. The van der Waals surface area contributed by atoms with Crippen molar-refractivity contribution in [2.45, 2.75) is 465 Å². The molecule has 2 unspecified atom stereocenters. The minimum Gasteiger partial charge on any atom is -0.462 e. The molecule has 0 aromatic carbocycles. The summed E-state index contributed by atoms with van der Waals surface area (Å²) in [6.45, 7) is 12.0. The van der Waals surface area contributed by atoms with Crippen molar-refractivity contribution < 1.29 is 80.2 Å². The van der Waals surface area contributed by atoms with E-state index in [4.69, 9.17) is 37.0 Å². The van der Waals surface area contributed by atoms with Gasteiger partial charge in [-0.2, -0.15) is 0 Å². The molecule has 3 N–H and O–H groups in total. The van der Waals surface area contributed by atoms with Crippen molar-refractivity contribution in [3.63, 3.8) is 0 Å². The van der Waals surface area contributed by atoms with Crippen LogP contribution in [0.4, 0.5) is 0 Å². The zero-order valence-electron chi connectivity index (χ0n) is 68.5. The predicted molar refractivity (Wildman–Crippen MR) is 428 cm³/mol. The maximum atomic E-state index is 13.1. The topological polar surface area (TPSA) is 237 Å². The highest BCUT2D eigenvalue weighted by atomic mass is 31.2. The van der Waals surface area contributed by atoms with Crippen LogP contribution in [0.2, 0.25) is 0 Å². The standard InChI is InChI=1S/C85H166O17P2/c1-8-9-10-11-12-13-14-31-38-45-52-59-66-82(87)95-72-81(102-85(90)69-62-55-48-41-34-27-30-37-44-51-58-65-78(6)7)75-100-104(93,94)98-71-79(86)70-97-103(91,92)99-74-80(101-84(89)68-61-54-47-40-33-26-22-18-16-20-24-29-36-43-50-57-64-77(4)5)73-96-83(88)67-60-53-46-39-32-25-21-17-15-19-23-28-35-42-49-56-63-76(2)3/h76-81,86H,8-75H2,1-7H3,(H,91,92)(H,93,94)/t79-,80-,81-/m1/s1. The molecule has 0 aliphatic carbocycles. The molecular weight excluding hydrogens is 1350 g/mol. The van der Waals surface area contributed by atoms with Crippen LogP contribution >= 0.6 is 15.6 Å². The van der Waals surface area contributed by atoms with E-state index in [9.17, 15) is 43.2 Å². The first-order valence-corrected chi connectivity index (χ1v) is 46.8. The highest BCUT2D eigenvalue weighted by Crippen LogP contribution is 2.45. The molecule has 0 heterocycles. The molecule has 0 amide bonds. The van der Waals surface area contributed by atoms with E-state index >= 15 is 0 Å². The smallest absolute Gasteiger partial charge is 0.462 e. The third-order valence-corrected chi connectivity index (χ3v) is 21.8. The summed E-state index contributed by atoms with van der Waals surface area (Å²) in [5.41, 5.74) is 0. The Hall–Kier alpha value is -1.94. The lowest BCUT2D eigenvalue weighted by Crippen LogP contribution is -2.30. The van der Waals surface area contributed by atoms with Gasteiger partial charge in [-0.1, -0.05) is 395 Å². The Morgan fingerprint density at radius 1 is 0.260 bits per heavy atom. The summed E-state index contributed by atoms with van der Waals surface area (Å²) < 4.78 is 68.9. The van der Waals surface area contributed by atoms with Gasteiger partial charge in [-0.15, -0.1) is 0 Å². The summed E-state index contributed by atoms with van der Waals surface area (Å²) in [6.07, 6.45) is 65.1. The fourth-order valence-corrected chi connectivity index (χ4v) is 14.8. The molecular formula is C85H166O17P2. The summed E-state index contributed by atoms with van der Waals surface area (Å²) in [4.78, 5) is 73.2. The van der Waals surface area contributed by atoms with Crippen molar-refractivity contribution in [3.8, 4) is 0 Å². The molecule has 19 heteroatoms. The predicted octanol–water partition coefficient (Wildman–Crippen LogP) is 25.7. The molecule has 5 atom stereocenters. The second kappa shape index (κ2) is 75.1. The lowest BCUT2D eigenvalue weighted by molar-refractivity contribution is -0.161. The summed E-state index contributed by atoms with van der Waals surface area (Å²) >= 11 is 0. The van der Waals surface area contributed by atoms with E-state index < -0.39 is 97.5 Å². The highest BCUT2D eigenvalue weighted by Gasteiger charge is 2.30. The lowest BCUT2D eigenvalue weighted by atomic mass is 10.0. The Balaban J connectivity index is 5.25. The molecule has 0 fully saturated rings. The maximum Gasteiger partial charge on any atom is 0.472 e. The molecule has 0 aromatic heterocycles. The van der Waals surface area contributed by atoms with Crippen molar-refractivity contribution in [2.75, 3.05) is 39.6 Å². The van der Waals surface area contributed by atoms with Crippen LogP contribution in [0.15, 0.2) is 0 Å². The number of aliphatic hydroxyl groups excluding tert-OH is 1. The summed E-state index contributed by atoms with van der Waals surface area (Å²) in [6, 6.07) is 0. The van der Waals surface area contributed by atoms with Gasteiger partial charge in [-0.3, -0.25) is 37.3 Å². The SMILES string of the molecule is CCCCCCCCCCCCCCC(=O)OC[C@H](COP(=O)(O)OC[C@H](O)COP(=O)(O)OC[C@@H](COC(=O)CCCCCCCCCCCCCCCCCCC(C)C)OC(=O)CCCCCCCCCCCCCCCCCCC(C)C)OC(=O)CCCCCCCCCCCCCC(C)C. The molecule has 0 saturated carbocycles. The molecule has 0 radical (unpaired) electrons. The Morgan fingerprint density at radius 3 is 0.654 bits per heavy atom. The molecule has 17 nitrogen and oxygen atoms in total. The molecule has 0 saturated heterocycles. The lowest BCUT2D eigenvalue weighted by Gasteiger charge is -2.21. The van der Waals surface area contributed by atoms with E-state index in [0.29, 0.717) is 25.7 Å². The first-order valence-electron chi connectivity index (χ1n) is 43.8. The second-order valence-electron chi connectivity index (χ2n) is 32.0. The van der Waals surface area contributed by atoms with Crippen LogP contribution in [-0.2, 0) is 65.4 Å². The zero-order valence-corrected chi connectivity index (χ0v) is 70.3. The van der Waals surface area contributed by atoms with Crippen molar-refractivity contribution in [1.29, 1.82) is 0 Å². The number of unbranched alkanes of at least 4 members (excludes halogenated alkanes) is 51.